The number of allylic oxidation sites excluding steroid dienone is 2. The molecule has 0 fully saturated rings. The van der Waals surface area contributed by atoms with E-state index in [0.717, 1.165) is 11.6 Å². The van der Waals surface area contributed by atoms with Gasteiger partial charge in [0.25, 0.3) is 0 Å². The number of aryl methyl sites for hydroxylation is 1. The molecule has 3 atom stereocenters. The highest BCUT2D eigenvalue weighted by Gasteiger charge is 2.42. The Bertz CT molecular complexity index is 1360. The Labute approximate surface area is 202 Å². The molecular formula is C28H26O7. The third-order valence-corrected chi connectivity index (χ3v) is 6.69. The van der Waals surface area contributed by atoms with E-state index in [-0.39, 0.29) is 28.6 Å². The molecule has 3 unspecified atom stereocenters. The first-order valence-corrected chi connectivity index (χ1v) is 11.1. The van der Waals surface area contributed by atoms with Crippen molar-refractivity contribution in [2.24, 2.45) is 5.92 Å². The lowest BCUT2D eigenvalue weighted by atomic mass is 9.65. The summed E-state index contributed by atoms with van der Waals surface area (Å²) in [6.45, 7) is 3.58. The molecule has 180 valence electrons. The Morgan fingerprint density at radius 1 is 0.829 bits per heavy atom. The first-order valence-electron chi connectivity index (χ1n) is 11.1. The number of Topliss-reactive ketones (excluding diaryl/α,β-unsaturated/α-hetero) is 1. The molecule has 0 radical (unpaired) electrons. The molecule has 0 saturated carbocycles. The van der Waals surface area contributed by atoms with Crippen molar-refractivity contribution in [3.05, 3.63) is 88.0 Å². The maximum Gasteiger partial charge on any atom is 0.171 e. The monoisotopic (exact) mass is 474 g/mol. The summed E-state index contributed by atoms with van der Waals surface area (Å²) >= 11 is 0. The molecule has 5 N–H and O–H groups in total. The van der Waals surface area contributed by atoms with E-state index in [0.29, 0.717) is 35.0 Å². The second-order valence-electron chi connectivity index (χ2n) is 9.07. The van der Waals surface area contributed by atoms with E-state index in [1.54, 1.807) is 19.1 Å². The fraction of sp³-hybridized carbons (Fsp3) is 0.214. The lowest BCUT2D eigenvalue weighted by Gasteiger charge is -2.37. The van der Waals surface area contributed by atoms with E-state index < -0.39 is 29.3 Å². The number of aromatic hydroxyl groups is 5. The molecular weight excluding hydrogens is 448 g/mol. The number of benzene rings is 3. The van der Waals surface area contributed by atoms with Crippen molar-refractivity contribution in [1.82, 2.24) is 0 Å². The van der Waals surface area contributed by atoms with E-state index >= 15 is 0 Å². The van der Waals surface area contributed by atoms with E-state index in [1.165, 1.54) is 30.3 Å². The summed E-state index contributed by atoms with van der Waals surface area (Å²) in [6.07, 6.45) is 2.94. The summed E-state index contributed by atoms with van der Waals surface area (Å²) in [5, 5.41) is 51.4. The van der Waals surface area contributed by atoms with Crippen LogP contribution in [0.5, 0.6) is 28.7 Å². The first kappa shape index (κ1) is 23.9. The summed E-state index contributed by atoms with van der Waals surface area (Å²) in [5.41, 5.74) is 2.65. The van der Waals surface area contributed by atoms with E-state index in [2.05, 4.69) is 0 Å². The summed E-state index contributed by atoms with van der Waals surface area (Å²) < 4.78 is 0. The lowest BCUT2D eigenvalue weighted by molar-refractivity contribution is 0.0877. The highest BCUT2D eigenvalue weighted by atomic mass is 16.3. The van der Waals surface area contributed by atoms with Gasteiger partial charge in [0.2, 0.25) is 0 Å². The van der Waals surface area contributed by atoms with E-state index in [1.807, 2.05) is 13.0 Å². The highest BCUT2D eigenvalue weighted by molar-refractivity contribution is 6.02. The van der Waals surface area contributed by atoms with E-state index in [4.69, 9.17) is 0 Å². The molecule has 7 heteroatoms. The van der Waals surface area contributed by atoms with Gasteiger partial charge in [0, 0.05) is 41.0 Å². The van der Waals surface area contributed by atoms with Crippen LogP contribution in [0.15, 0.2) is 60.2 Å². The number of ketones is 1. The Hall–Kier alpha value is -4.26. The van der Waals surface area contributed by atoms with Crippen molar-refractivity contribution in [2.45, 2.75) is 32.1 Å². The van der Waals surface area contributed by atoms with Crippen LogP contribution in [0.1, 0.15) is 62.6 Å². The number of carbonyl (C=O) groups is 2. The van der Waals surface area contributed by atoms with Crippen LogP contribution >= 0.6 is 0 Å². The van der Waals surface area contributed by atoms with Gasteiger partial charge in [-0.15, -0.1) is 0 Å². The molecule has 0 amide bonds. The van der Waals surface area contributed by atoms with Crippen LogP contribution in [0, 0.1) is 12.8 Å². The molecule has 0 heterocycles. The quantitative estimate of drug-likeness (QED) is 0.198. The second kappa shape index (κ2) is 9.18. The smallest absolute Gasteiger partial charge is 0.171 e. The van der Waals surface area contributed by atoms with E-state index in [9.17, 15) is 35.1 Å². The highest BCUT2D eigenvalue weighted by Crippen LogP contribution is 2.51. The van der Waals surface area contributed by atoms with Crippen molar-refractivity contribution in [3.63, 3.8) is 0 Å². The Morgan fingerprint density at radius 3 is 2.09 bits per heavy atom. The fourth-order valence-electron chi connectivity index (χ4n) is 5.01. The van der Waals surface area contributed by atoms with Crippen LogP contribution in [0.4, 0.5) is 0 Å². The molecule has 1 aliphatic rings. The van der Waals surface area contributed by atoms with Gasteiger partial charge in [0.05, 0.1) is 5.56 Å². The average molecular weight is 475 g/mol. The number of hydrogen-bond donors (Lipinski definition) is 5. The molecule has 35 heavy (non-hydrogen) atoms. The maximum atomic E-state index is 14.0. The zero-order valence-electron chi connectivity index (χ0n) is 19.3. The van der Waals surface area contributed by atoms with Crippen molar-refractivity contribution >= 4 is 12.1 Å². The van der Waals surface area contributed by atoms with Crippen molar-refractivity contribution < 1.29 is 35.1 Å². The summed E-state index contributed by atoms with van der Waals surface area (Å²) in [6, 6.07) is 10.9. The number of phenolic OH excluding ortho intramolecular Hbond substituents is 5. The van der Waals surface area contributed by atoms with Gasteiger partial charge in [-0.3, -0.25) is 9.59 Å². The molecule has 0 aliphatic heterocycles. The minimum absolute atomic E-state index is 0.0174. The SMILES string of the molecule is CC1=CC(c2cc(C=O)c(C)cc2O)C(C(=O)c2ccc(O)cc2O)C(c2ccc(O)cc2O)C1. The van der Waals surface area contributed by atoms with Crippen LogP contribution in [0.25, 0.3) is 0 Å². The van der Waals surface area contributed by atoms with Gasteiger partial charge in [-0.1, -0.05) is 17.7 Å². The van der Waals surface area contributed by atoms with Crippen LogP contribution in [0.3, 0.4) is 0 Å². The minimum atomic E-state index is -0.891. The van der Waals surface area contributed by atoms with Gasteiger partial charge < -0.3 is 25.5 Å². The average Bonchev–Trinajstić information content (AvgIpc) is 2.78. The normalized spacial score (nSPS) is 19.7. The molecule has 0 saturated heterocycles. The zero-order chi connectivity index (χ0) is 25.4. The van der Waals surface area contributed by atoms with Gasteiger partial charge >= 0.3 is 0 Å². The summed E-state index contributed by atoms with van der Waals surface area (Å²) in [4.78, 5) is 25.6. The molecule has 7 nitrogen and oxygen atoms in total. The fourth-order valence-corrected chi connectivity index (χ4v) is 5.01. The summed E-state index contributed by atoms with van der Waals surface area (Å²) in [7, 11) is 0. The Balaban J connectivity index is 1.95. The predicted octanol–water partition coefficient (Wildman–Crippen LogP) is 5.05. The molecule has 3 aromatic carbocycles. The largest absolute Gasteiger partial charge is 0.508 e. The number of rotatable bonds is 5. The van der Waals surface area contributed by atoms with Crippen LogP contribution < -0.4 is 0 Å². The van der Waals surface area contributed by atoms with Crippen molar-refractivity contribution in [1.29, 1.82) is 0 Å². The Morgan fingerprint density at radius 2 is 1.46 bits per heavy atom. The summed E-state index contributed by atoms with van der Waals surface area (Å²) in [5.74, 6) is -3.60. The number of carbonyl (C=O) groups excluding carboxylic acids is 2. The van der Waals surface area contributed by atoms with Crippen molar-refractivity contribution in [2.75, 3.05) is 0 Å². The van der Waals surface area contributed by atoms with Crippen molar-refractivity contribution in [3.8, 4) is 28.7 Å². The zero-order valence-corrected chi connectivity index (χ0v) is 19.3. The van der Waals surface area contributed by atoms with Gasteiger partial charge in [-0.2, -0.15) is 0 Å². The Kier molecular flexibility index (Phi) is 6.26. The lowest BCUT2D eigenvalue weighted by Crippen LogP contribution is -2.31. The predicted molar refractivity (Wildman–Crippen MR) is 129 cm³/mol. The first-order chi connectivity index (χ1) is 16.6. The third-order valence-electron chi connectivity index (χ3n) is 6.69. The number of aldehydes is 1. The molecule has 0 bridgehead atoms. The second-order valence-corrected chi connectivity index (χ2v) is 9.07. The molecule has 4 rings (SSSR count). The standard InChI is InChI=1S/C28H26O7/c1-14-7-22(19-5-3-17(30)11-25(19)33)27(28(35)20-6-4-18(31)12-26(20)34)23(8-14)21-10-16(13-29)15(2)9-24(21)32/h3-6,8-13,22-23,27,30-34H,7H2,1-2H3. The maximum absolute atomic E-state index is 14.0. The molecule has 0 aromatic heterocycles. The number of phenols is 5. The third kappa shape index (κ3) is 4.45. The van der Waals surface area contributed by atoms with Gasteiger partial charge in [-0.05, 0) is 61.7 Å². The minimum Gasteiger partial charge on any atom is -0.508 e. The van der Waals surface area contributed by atoms with Crippen LogP contribution in [-0.4, -0.2) is 37.6 Å². The number of hydrogen-bond acceptors (Lipinski definition) is 7. The van der Waals surface area contributed by atoms with Crippen LogP contribution in [-0.2, 0) is 0 Å². The molecule has 1 aliphatic carbocycles. The molecule has 3 aromatic rings. The van der Waals surface area contributed by atoms with Gasteiger partial charge in [0.15, 0.2) is 5.78 Å². The van der Waals surface area contributed by atoms with Crippen LogP contribution in [0.2, 0.25) is 0 Å². The van der Waals surface area contributed by atoms with Gasteiger partial charge in [0.1, 0.15) is 35.0 Å². The topological polar surface area (TPSA) is 135 Å². The van der Waals surface area contributed by atoms with Gasteiger partial charge in [-0.25, -0.2) is 0 Å². The molecule has 0 spiro atoms.